The minimum absolute atomic E-state index is 0.102. The van der Waals surface area contributed by atoms with Gasteiger partial charge in [-0.15, -0.1) is 0 Å². The van der Waals surface area contributed by atoms with Gasteiger partial charge in [-0.05, 0) is 30.5 Å². The molecule has 0 aliphatic heterocycles. The first-order valence-electron chi connectivity index (χ1n) is 20.2. The predicted molar refractivity (Wildman–Crippen MR) is 227 cm³/mol. The number of benzene rings is 2. The summed E-state index contributed by atoms with van der Waals surface area (Å²) in [6.45, 7) is -2.05. The summed E-state index contributed by atoms with van der Waals surface area (Å²) in [5, 5.41) is 74.4. The van der Waals surface area contributed by atoms with Gasteiger partial charge in [-0.2, -0.15) is 0 Å². The Kier molecular flexibility index (Phi) is 20.6. The molecule has 7 amide bonds. The number of aliphatic hydroxyl groups excluding tert-OH is 3. The Morgan fingerprint density at radius 3 is 1.47 bits per heavy atom. The number of carbonyl (C=O) groups excluding carboxylic acids is 7. The van der Waals surface area contributed by atoms with Crippen LogP contribution >= 0.6 is 0 Å². The summed E-state index contributed by atoms with van der Waals surface area (Å²) in [5.74, 6) is -12.7. The second-order valence-corrected chi connectivity index (χ2v) is 14.9. The minimum Gasteiger partial charge on any atom is -0.481 e. The van der Waals surface area contributed by atoms with Crippen molar-refractivity contribution >= 4 is 70.2 Å². The van der Waals surface area contributed by atoms with Crippen molar-refractivity contribution in [2.45, 2.75) is 87.4 Å². The Balaban J connectivity index is 1.72. The number of nitrogens with two attached hydrogens (primary N) is 1. The molecule has 66 heavy (non-hydrogen) atoms. The van der Waals surface area contributed by atoms with Crippen LogP contribution in [0.5, 0.6) is 0 Å². The highest BCUT2D eigenvalue weighted by Gasteiger charge is 2.35. The second-order valence-electron chi connectivity index (χ2n) is 14.9. The number of H-pyrrole nitrogens is 1. The van der Waals surface area contributed by atoms with Crippen LogP contribution in [0.2, 0.25) is 0 Å². The van der Waals surface area contributed by atoms with Crippen LogP contribution in [0.3, 0.4) is 0 Å². The maximum atomic E-state index is 13.5. The van der Waals surface area contributed by atoms with Crippen molar-refractivity contribution in [3.63, 3.8) is 0 Å². The van der Waals surface area contributed by atoms with Crippen LogP contribution in [0, 0.1) is 0 Å². The maximum absolute atomic E-state index is 13.5. The summed E-state index contributed by atoms with van der Waals surface area (Å²) in [7, 11) is 0. The van der Waals surface area contributed by atoms with Crippen LogP contribution in [0.25, 0.3) is 10.9 Å². The Labute approximate surface area is 375 Å². The molecule has 0 unspecified atom stereocenters. The Bertz CT molecular complexity index is 2220. The molecule has 358 valence electrons. The SMILES string of the molecule is C[C@H](N)C(=O)N[C@@H](Cc1c[nH]c2ccccc12)C(=O)N[C@@H](CO)C(=O)N[C@@H](CO)C(=O)N[C@@H](CCC(=O)O)C(=O)N[C@@H](CO)C(=O)N[C@@H](CC(=O)O)C(=O)N[C@@H](Cc1ccccc1)C(=O)O. The minimum atomic E-state index is -1.98. The summed E-state index contributed by atoms with van der Waals surface area (Å²) in [6, 6.07) is 1.66. The van der Waals surface area contributed by atoms with E-state index in [9.17, 15) is 78.6 Å². The highest BCUT2D eigenvalue weighted by atomic mass is 16.4. The molecule has 0 fully saturated rings. The summed E-state index contributed by atoms with van der Waals surface area (Å²) in [5.41, 5.74) is 7.51. The van der Waals surface area contributed by atoms with Gasteiger partial charge in [-0.1, -0.05) is 48.5 Å². The fraction of sp³-hybridized carbons (Fsp3) is 0.415. The van der Waals surface area contributed by atoms with Gasteiger partial charge in [0, 0.05) is 36.4 Å². The molecule has 25 heteroatoms. The average Bonchev–Trinajstić information content (AvgIpc) is 3.69. The van der Waals surface area contributed by atoms with Gasteiger partial charge in [-0.25, -0.2) is 4.79 Å². The summed E-state index contributed by atoms with van der Waals surface area (Å²) < 4.78 is 0. The fourth-order valence-electron chi connectivity index (χ4n) is 6.22. The first-order chi connectivity index (χ1) is 31.3. The molecule has 0 aliphatic carbocycles. The Morgan fingerprint density at radius 2 is 0.970 bits per heavy atom. The third-order valence-electron chi connectivity index (χ3n) is 9.78. The third-order valence-corrected chi connectivity index (χ3v) is 9.78. The van der Waals surface area contributed by atoms with E-state index in [1.54, 1.807) is 60.8 Å². The van der Waals surface area contributed by atoms with Gasteiger partial charge in [0.1, 0.15) is 42.3 Å². The van der Waals surface area contributed by atoms with E-state index in [0.717, 1.165) is 10.9 Å². The zero-order valence-corrected chi connectivity index (χ0v) is 35.4. The molecular weight excluding hydrogens is 874 g/mol. The average molecular weight is 928 g/mol. The quantitative estimate of drug-likeness (QED) is 0.0341. The van der Waals surface area contributed by atoms with E-state index in [4.69, 9.17) is 5.73 Å². The number of carboxylic acids is 3. The summed E-state index contributed by atoms with van der Waals surface area (Å²) in [6.07, 6.45) is -1.26. The molecule has 2 aromatic carbocycles. The predicted octanol–water partition coefficient (Wildman–Crippen LogP) is -4.91. The standard InChI is InChI=1S/C41H53N9O16/c1-20(42)34(58)45-26(14-22-16-43-24-10-6-5-9-23(22)24)36(60)49-31(19-53)40(64)50-29(17-51)38(62)44-25(11-12-32(54)55)35(59)48-30(18-52)39(63)46-27(15-33(56)57)37(61)47-28(41(65)66)13-21-7-3-2-4-8-21/h2-10,16,20,25-31,43,51-53H,11-15,17-19,42H2,1H3,(H,44,62)(H,45,58)(H,46,63)(H,47,61)(H,48,59)(H,49,60)(H,50,64)(H,54,55)(H,56,57)(H,65,66)/t20-,25-,26-,27-,28-,29-,30-,31-/m0/s1. The number of aromatic nitrogens is 1. The molecule has 16 N–H and O–H groups in total. The zero-order chi connectivity index (χ0) is 49.1. The van der Waals surface area contributed by atoms with E-state index in [0.29, 0.717) is 11.1 Å². The van der Waals surface area contributed by atoms with Crippen LogP contribution in [-0.4, -0.2) is 163 Å². The van der Waals surface area contributed by atoms with Crippen molar-refractivity contribution in [3.05, 3.63) is 71.9 Å². The Hall–Kier alpha value is -7.48. The number of aromatic amines is 1. The van der Waals surface area contributed by atoms with Crippen molar-refractivity contribution in [3.8, 4) is 0 Å². The molecule has 0 spiro atoms. The molecule has 8 atom stereocenters. The fourth-order valence-corrected chi connectivity index (χ4v) is 6.22. The van der Waals surface area contributed by atoms with E-state index in [1.807, 2.05) is 10.6 Å². The number of fused-ring (bicyclic) bond motifs is 1. The summed E-state index contributed by atoms with van der Waals surface area (Å²) >= 11 is 0. The normalized spacial score (nSPS) is 14.6. The van der Waals surface area contributed by atoms with Gasteiger partial charge in [0.2, 0.25) is 41.4 Å². The first-order valence-corrected chi connectivity index (χ1v) is 20.2. The van der Waals surface area contributed by atoms with Crippen LogP contribution in [0.4, 0.5) is 0 Å². The maximum Gasteiger partial charge on any atom is 0.326 e. The largest absolute Gasteiger partial charge is 0.481 e. The number of rotatable bonds is 27. The molecule has 0 radical (unpaired) electrons. The zero-order valence-electron chi connectivity index (χ0n) is 35.4. The van der Waals surface area contributed by atoms with Crippen molar-refractivity contribution in [1.82, 2.24) is 42.2 Å². The van der Waals surface area contributed by atoms with Gasteiger partial charge < -0.3 is 78.6 Å². The smallest absolute Gasteiger partial charge is 0.326 e. The molecule has 25 nitrogen and oxygen atoms in total. The van der Waals surface area contributed by atoms with Crippen LogP contribution < -0.4 is 43.0 Å². The third kappa shape index (κ3) is 16.3. The van der Waals surface area contributed by atoms with Crippen LogP contribution in [0.1, 0.15) is 37.3 Å². The molecule has 0 bridgehead atoms. The molecular formula is C41H53N9O16. The molecule has 0 aliphatic rings. The number of aliphatic carboxylic acids is 3. The highest BCUT2D eigenvalue weighted by Crippen LogP contribution is 2.19. The molecule has 1 heterocycles. The second kappa shape index (κ2) is 25.7. The molecule has 0 saturated carbocycles. The Morgan fingerprint density at radius 1 is 0.530 bits per heavy atom. The van der Waals surface area contributed by atoms with Crippen molar-refractivity contribution in [1.29, 1.82) is 0 Å². The monoisotopic (exact) mass is 927 g/mol. The molecule has 0 saturated heterocycles. The van der Waals surface area contributed by atoms with Crippen molar-refractivity contribution in [2.24, 2.45) is 5.73 Å². The number of hydrogen-bond donors (Lipinski definition) is 15. The highest BCUT2D eigenvalue weighted by molar-refractivity contribution is 5.98. The number of amides is 7. The molecule has 3 rings (SSSR count). The van der Waals surface area contributed by atoms with E-state index in [2.05, 4.69) is 31.6 Å². The number of carbonyl (C=O) groups is 10. The molecule has 1 aromatic heterocycles. The number of para-hydroxylation sites is 1. The van der Waals surface area contributed by atoms with Crippen molar-refractivity contribution in [2.75, 3.05) is 19.8 Å². The van der Waals surface area contributed by atoms with Crippen LogP contribution in [-0.2, 0) is 60.8 Å². The number of aliphatic hydroxyl groups is 3. The van der Waals surface area contributed by atoms with E-state index in [-0.39, 0.29) is 12.8 Å². The number of nitrogens with one attached hydrogen (secondary N) is 8. The van der Waals surface area contributed by atoms with Crippen LogP contribution in [0.15, 0.2) is 60.8 Å². The van der Waals surface area contributed by atoms with E-state index in [1.165, 1.54) is 6.92 Å². The van der Waals surface area contributed by atoms with E-state index < -0.39 is 147 Å². The van der Waals surface area contributed by atoms with Gasteiger partial charge in [-0.3, -0.25) is 43.2 Å². The lowest BCUT2D eigenvalue weighted by molar-refractivity contribution is -0.144. The lowest BCUT2D eigenvalue weighted by Gasteiger charge is -2.26. The lowest BCUT2D eigenvalue weighted by atomic mass is 10.0. The first kappa shape index (κ1) is 52.9. The van der Waals surface area contributed by atoms with Crippen molar-refractivity contribution < 1.29 is 78.6 Å². The lowest BCUT2D eigenvalue weighted by Crippen LogP contribution is -2.61. The van der Waals surface area contributed by atoms with E-state index >= 15 is 0 Å². The van der Waals surface area contributed by atoms with Gasteiger partial charge in [0.15, 0.2) is 0 Å². The van der Waals surface area contributed by atoms with Gasteiger partial charge in [0.25, 0.3) is 0 Å². The molecule has 3 aromatic rings. The van der Waals surface area contributed by atoms with Gasteiger partial charge >= 0.3 is 17.9 Å². The topological polar surface area (TPSA) is 418 Å². The van der Waals surface area contributed by atoms with Gasteiger partial charge in [0.05, 0.1) is 32.3 Å². The summed E-state index contributed by atoms with van der Waals surface area (Å²) in [4.78, 5) is 130. The number of hydrogen-bond acceptors (Lipinski definition) is 14. The number of carboxylic acid groups (broad SMARTS) is 3.